The van der Waals surface area contributed by atoms with Gasteiger partial charge in [-0.05, 0) is 57.7 Å². The maximum atomic E-state index is 11.9. The molecule has 1 fully saturated rings. The van der Waals surface area contributed by atoms with Crippen LogP contribution in [0.25, 0.3) is 0 Å². The molecule has 0 bridgehead atoms. The van der Waals surface area contributed by atoms with Crippen molar-refractivity contribution in [1.29, 1.82) is 0 Å². The predicted molar refractivity (Wildman–Crippen MR) is 87.4 cm³/mol. The minimum Gasteiger partial charge on any atom is -0.384 e. The van der Waals surface area contributed by atoms with Gasteiger partial charge in [-0.2, -0.15) is 0 Å². The zero-order valence-corrected chi connectivity index (χ0v) is 14.3. The van der Waals surface area contributed by atoms with Crippen LogP contribution in [0, 0.1) is 5.92 Å². The van der Waals surface area contributed by atoms with E-state index in [0.717, 1.165) is 19.0 Å². The molecule has 0 atom stereocenters. The average Bonchev–Trinajstić information content (AvgIpc) is 2.51. The first-order valence-electron chi connectivity index (χ1n) is 8.70. The molecule has 4 heteroatoms. The van der Waals surface area contributed by atoms with E-state index in [1.165, 1.54) is 51.7 Å². The van der Waals surface area contributed by atoms with E-state index in [2.05, 4.69) is 18.7 Å². The molecule has 0 N–H and O–H groups in total. The van der Waals surface area contributed by atoms with Gasteiger partial charge in [-0.3, -0.25) is 4.79 Å². The quantitative estimate of drug-likeness (QED) is 0.622. The zero-order valence-electron chi connectivity index (χ0n) is 14.3. The third-order valence-electron chi connectivity index (χ3n) is 4.42. The molecular weight excluding hydrogens is 264 g/mol. The van der Waals surface area contributed by atoms with Gasteiger partial charge in [0.2, 0.25) is 5.91 Å². The van der Waals surface area contributed by atoms with Crippen LogP contribution in [0.5, 0.6) is 0 Å². The molecule has 0 aromatic rings. The topological polar surface area (TPSA) is 32.8 Å². The van der Waals surface area contributed by atoms with E-state index < -0.39 is 0 Å². The number of ether oxygens (including phenoxy) is 1. The van der Waals surface area contributed by atoms with Crippen LogP contribution in [0.15, 0.2) is 0 Å². The first-order valence-corrected chi connectivity index (χ1v) is 8.70. The minimum atomic E-state index is 0.258. The second-order valence-corrected chi connectivity index (χ2v) is 6.20. The summed E-state index contributed by atoms with van der Waals surface area (Å²) < 4.78 is 4.98. The van der Waals surface area contributed by atoms with Crippen molar-refractivity contribution < 1.29 is 9.53 Å². The monoisotopic (exact) mass is 298 g/mol. The third kappa shape index (κ3) is 7.28. The normalized spacial score (nSPS) is 16.7. The highest BCUT2D eigenvalue weighted by atomic mass is 16.5. The number of rotatable bonds is 10. The SMILES string of the molecule is CCCN(CCC)CCC1CCN(C(=O)CCOC)CC1. The van der Waals surface area contributed by atoms with Crippen molar-refractivity contribution >= 4 is 5.91 Å². The summed E-state index contributed by atoms with van der Waals surface area (Å²) in [7, 11) is 1.65. The van der Waals surface area contributed by atoms with Crippen LogP contribution >= 0.6 is 0 Å². The van der Waals surface area contributed by atoms with E-state index in [4.69, 9.17) is 4.74 Å². The van der Waals surface area contributed by atoms with Crippen molar-refractivity contribution in [3.8, 4) is 0 Å². The molecule has 1 rings (SSSR count). The van der Waals surface area contributed by atoms with Crippen molar-refractivity contribution in [2.45, 2.75) is 52.4 Å². The van der Waals surface area contributed by atoms with Crippen LogP contribution in [0.1, 0.15) is 52.4 Å². The van der Waals surface area contributed by atoms with Gasteiger partial charge in [-0.25, -0.2) is 0 Å². The molecule has 0 radical (unpaired) electrons. The fraction of sp³-hybridized carbons (Fsp3) is 0.941. The predicted octanol–water partition coefficient (Wildman–Crippen LogP) is 2.77. The number of methoxy groups -OCH3 is 1. The van der Waals surface area contributed by atoms with Crippen LogP contribution < -0.4 is 0 Å². The number of hydrogen-bond donors (Lipinski definition) is 0. The molecule has 21 heavy (non-hydrogen) atoms. The summed E-state index contributed by atoms with van der Waals surface area (Å²) in [4.78, 5) is 16.6. The standard InChI is InChI=1S/C17H34N2O2/c1-4-10-18(11-5-2)12-6-16-7-13-19(14-8-16)17(20)9-15-21-3/h16H,4-15H2,1-3H3. The fourth-order valence-electron chi connectivity index (χ4n) is 3.15. The highest BCUT2D eigenvalue weighted by Crippen LogP contribution is 2.21. The van der Waals surface area contributed by atoms with Gasteiger partial charge in [0.15, 0.2) is 0 Å². The molecule has 1 amide bonds. The van der Waals surface area contributed by atoms with Crippen LogP contribution in [0.3, 0.4) is 0 Å². The summed E-state index contributed by atoms with van der Waals surface area (Å²) in [6, 6.07) is 0. The molecule has 1 aliphatic rings. The van der Waals surface area contributed by atoms with E-state index in [1.807, 2.05) is 4.90 Å². The van der Waals surface area contributed by atoms with Gasteiger partial charge in [-0.15, -0.1) is 0 Å². The smallest absolute Gasteiger partial charge is 0.224 e. The van der Waals surface area contributed by atoms with Gasteiger partial charge < -0.3 is 14.5 Å². The highest BCUT2D eigenvalue weighted by molar-refractivity contribution is 5.76. The van der Waals surface area contributed by atoms with Crippen LogP contribution in [0.4, 0.5) is 0 Å². The molecule has 1 aliphatic heterocycles. The van der Waals surface area contributed by atoms with Crippen LogP contribution in [-0.2, 0) is 9.53 Å². The summed E-state index contributed by atoms with van der Waals surface area (Å²) in [5.74, 6) is 1.06. The van der Waals surface area contributed by atoms with Gasteiger partial charge in [0.25, 0.3) is 0 Å². The fourth-order valence-corrected chi connectivity index (χ4v) is 3.15. The Morgan fingerprint density at radius 2 is 1.76 bits per heavy atom. The lowest BCUT2D eigenvalue weighted by Crippen LogP contribution is -2.39. The Morgan fingerprint density at radius 3 is 2.29 bits per heavy atom. The molecule has 0 aromatic carbocycles. The molecule has 124 valence electrons. The number of nitrogens with zero attached hydrogens (tertiary/aromatic N) is 2. The van der Waals surface area contributed by atoms with Crippen molar-refractivity contribution in [2.75, 3.05) is 46.4 Å². The summed E-state index contributed by atoms with van der Waals surface area (Å²) >= 11 is 0. The summed E-state index contributed by atoms with van der Waals surface area (Å²) in [6.07, 6.45) is 6.65. The number of likely N-dealkylation sites (tertiary alicyclic amines) is 1. The molecule has 1 saturated heterocycles. The molecular formula is C17H34N2O2. The summed E-state index contributed by atoms with van der Waals surface area (Å²) in [5, 5.41) is 0. The lowest BCUT2D eigenvalue weighted by molar-refractivity contribution is -0.133. The van der Waals surface area contributed by atoms with E-state index in [0.29, 0.717) is 13.0 Å². The first-order chi connectivity index (χ1) is 10.2. The van der Waals surface area contributed by atoms with Crippen LogP contribution in [0.2, 0.25) is 0 Å². The average molecular weight is 298 g/mol. The number of carbonyl (C=O) groups is 1. The second-order valence-electron chi connectivity index (χ2n) is 6.20. The molecule has 4 nitrogen and oxygen atoms in total. The molecule has 0 unspecified atom stereocenters. The van der Waals surface area contributed by atoms with Gasteiger partial charge in [0.1, 0.15) is 0 Å². The van der Waals surface area contributed by atoms with Crippen molar-refractivity contribution in [2.24, 2.45) is 5.92 Å². The lowest BCUT2D eigenvalue weighted by Gasteiger charge is -2.33. The van der Waals surface area contributed by atoms with E-state index in [9.17, 15) is 4.79 Å². The Hall–Kier alpha value is -0.610. The Labute approximate surface area is 130 Å². The second kappa shape index (κ2) is 11.0. The Morgan fingerprint density at radius 1 is 1.14 bits per heavy atom. The largest absolute Gasteiger partial charge is 0.384 e. The van der Waals surface area contributed by atoms with Gasteiger partial charge in [-0.1, -0.05) is 13.8 Å². The van der Waals surface area contributed by atoms with Crippen molar-refractivity contribution in [3.05, 3.63) is 0 Å². The zero-order chi connectivity index (χ0) is 15.5. The summed E-state index contributed by atoms with van der Waals surface area (Å²) in [5.41, 5.74) is 0. The van der Waals surface area contributed by atoms with E-state index in [-0.39, 0.29) is 5.91 Å². The Kier molecular flexibility index (Phi) is 9.68. The van der Waals surface area contributed by atoms with Gasteiger partial charge in [0, 0.05) is 20.2 Å². The lowest BCUT2D eigenvalue weighted by atomic mass is 9.93. The molecule has 0 saturated carbocycles. The number of hydrogen-bond acceptors (Lipinski definition) is 3. The van der Waals surface area contributed by atoms with E-state index in [1.54, 1.807) is 7.11 Å². The highest BCUT2D eigenvalue weighted by Gasteiger charge is 2.22. The molecule has 0 spiro atoms. The Balaban J connectivity index is 2.21. The van der Waals surface area contributed by atoms with E-state index >= 15 is 0 Å². The first kappa shape index (κ1) is 18.4. The van der Waals surface area contributed by atoms with Crippen molar-refractivity contribution in [3.63, 3.8) is 0 Å². The number of piperidine rings is 1. The minimum absolute atomic E-state index is 0.258. The van der Waals surface area contributed by atoms with Crippen LogP contribution in [-0.4, -0.2) is 62.1 Å². The third-order valence-corrected chi connectivity index (χ3v) is 4.42. The van der Waals surface area contributed by atoms with Gasteiger partial charge in [0.05, 0.1) is 13.0 Å². The molecule has 0 aliphatic carbocycles. The van der Waals surface area contributed by atoms with Crippen molar-refractivity contribution in [1.82, 2.24) is 9.80 Å². The maximum Gasteiger partial charge on any atom is 0.224 e. The maximum absolute atomic E-state index is 11.9. The van der Waals surface area contributed by atoms with Gasteiger partial charge >= 0.3 is 0 Å². The number of carbonyl (C=O) groups excluding carboxylic acids is 1. The molecule has 1 heterocycles. The summed E-state index contributed by atoms with van der Waals surface area (Å²) in [6.45, 7) is 10.6. The Bertz CT molecular complexity index is 270. The molecule has 0 aromatic heterocycles. The number of amides is 1.